The summed E-state index contributed by atoms with van der Waals surface area (Å²) in [7, 11) is 1.53. The van der Waals surface area contributed by atoms with Crippen molar-refractivity contribution in [1.82, 2.24) is 5.32 Å². The van der Waals surface area contributed by atoms with E-state index in [0.717, 1.165) is 5.56 Å². The molecule has 1 atom stereocenters. The van der Waals surface area contributed by atoms with E-state index in [9.17, 15) is 13.2 Å². The number of halogens is 3. The number of nitrogens with one attached hydrogen (secondary N) is 1. The Labute approximate surface area is 117 Å². The SMILES string of the molecule is CCOc1ccc(CNC(C)CC(F)(F)F)cc1OC. The lowest BCUT2D eigenvalue weighted by atomic mass is 10.1. The van der Waals surface area contributed by atoms with Crippen molar-refractivity contribution in [1.29, 1.82) is 0 Å². The van der Waals surface area contributed by atoms with Crippen molar-refractivity contribution in [2.75, 3.05) is 13.7 Å². The lowest BCUT2D eigenvalue weighted by molar-refractivity contribution is -0.139. The summed E-state index contributed by atoms with van der Waals surface area (Å²) in [5.41, 5.74) is 0.847. The summed E-state index contributed by atoms with van der Waals surface area (Å²) in [4.78, 5) is 0. The van der Waals surface area contributed by atoms with Crippen LogP contribution >= 0.6 is 0 Å². The first-order chi connectivity index (χ1) is 9.35. The van der Waals surface area contributed by atoms with E-state index < -0.39 is 18.6 Å². The molecule has 114 valence electrons. The van der Waals surface area contributed by atoms with E-state index in [2.05, 4.69) is 5.32 Å². The van der Waals surface area contributed by atoms with E-state index in [1.54, 1.807) is 18.2 Å². The molecule has 0 saturated carbocycles. The number of benzene rings is 1. The second-order valence-electron chi connectivity index (χ2n) is 4.52. The van der Waals surface area contributed by atoms with Gasteiger partial charge in [-0.1, -0.05) is 6.07 Å². The van der Waals surface area contributed by atoms with E-state index in [1.165, 1.54) is 14.0 Å². The minimum Gasteiger partial charge on any atom is -0.493 e. The molecule has 1 aromatic rings. The van der Waals surface area contributed by atoms with Crippen LogP contribution in [0.4, 0.5) is 13.2 Å². The monoisotopic (exact) mass is 291 g/mol. The van der Waals surface area contributed by atoms with Crippen LogP contribution < -0.4 is 14.8 Å². The van der Waals surface area contributed by atoms with E-state index in [4.69, 9.17) is 9.47 Å². The minimum atomic E-state index is -4.15. The number of methoxy groups -OCH3 is 1. The Hall–Kier alpha value is -1.43. The molecule has 1 aromatic carbocycles. The van der Waals surface area contributed by atoms with Gasteiger partial charge < -0.3 is 14.8 Å². The average Bonchev–Trinajstić information content (AvgIpc) is 2.36. The number of rotatable bonds is 7. The van der Waals surface area contributed by atoms with Gasteiger partial charge in [0.2, 0.25) is 0 Å². The summed E-state index contributed by atoms with van der Waals surface area (Å²) in [6.45, 7) is 4.25. The van der Waals surface area contributed by atoms with Gasteiger partial charge in [0.25, 0.3) is 0 Å². The Morgan fingerprint density at radius 2 is 1.95 bits per heavy atom. The van der Waals surface area contributed by atoms with Crippen LogP contribution in [0, 0.1) is 0 Å². The van der Waals surface area contributed by atoms with Gasteiger partial charge in [-0.15, -0.1) is 0 Å². The van der Waals surface area contributed by atoms with Crippen LogP contribution in [-0.2, 0) is 6.54 Å². The maximum absolute atomic E-state index is 12.2. The molecule has 0 aliphatic carbocycles. The Bertz CT molecular complexity index is 421. The molecule has 0 aliphatic heterocycles. The van der Waals surface area contributed by atoms with Gasteiger partial charge in [-0.25, -0.2) is 0 Å². The Kier molecular flexibility index (Phi) is 6.13. The fraction of sp³-hybridized carbons (Fsp3) is 0.571. The van der Waals surface area contributed by atoms with Crippen molar-refractivity contribution in [3.05, 3.63) is 23.8 Å². The van der Waals surface area contributed by atoms with Crippen molar-refractivity contribution in [3.63, 3.8) is 0 Å². The summed E-state index contributed by atoms with van der Waals surface area (Å²) >= 11 is 0. The van der Waals surface area contributed by atoms with Crippen molar-refractivity contribution in [3.8, 4) is 11.5 Å². The summed E-state index contributed by atoms with van der Waals surface area (Å²) in [5, 5.41) is 2.84. The van der Waals surface area contributed by atoms with Gasteiger partial charge in [-0.05, 0) is 31.5 Å². The maximum atomic E-state index is 12.2. The highest BCUT2D eigenvalue weighted by atomic mass is 19.4. The fourth-order valence-electron chi connectivity index (χ4n) is 1.81. The normalized spacial score (nSPS) is 13.1. The van der Waals surface area contributed by atoms with Gasteiger partial charge in [0, 0.05) is 12.6 Å². The van der Waals surface area contributed by atoms with Crippen molar-refractivity contribution in [2.45, 2.75) is 39.0 Å². The highest BCUT2D eigenvalue weighted by Gasteiger charge is 2.29. The third-order valence-corrected chi connectivity index (χ3v) is 2.72. The third kappa shape index (κ3) is 5.69. The largest absolute Gasteiger partial charge is 0.493 e. The second kappa shape index (κ2) is 7.38. The zero-order chi connectivity index (χ0) is 15.2. The van der Waals surface area contributed by atoms with Gasteiger partial charge in [-0.2, -0.15) is 13.2 Å². The molecule has 0 saturated heterocycles. The first kappa shape index (κ1) is 16.6. The molecule has 3 nitrogen and oxygen atoms in total. The van der Waals surface area contributed by atoms with Gasteiger partial charge in [-0.3, -0.25) is 0 Å². The number of alkyl halides is 3. The number of hydrogen-bond acceptors (Lipinski definition) is 3. The first-order valence-corrected chi connectivity index (χ1v) is 6.45. The van der Waals surface area contributed by atoms with Gasteiger partial charge >= 0.3 is 6.18 Å². The summed E-state index contributed by atoms with van der Waals surface area (Å²) < 4.78 is 47.2. The van der Waals surface area contributed by atoms with Crippen LogP contribution in [0.3, 0.4) is 0 Å². The van der Waals surface area contributed by atoms with Crippen LogP contribution in [0.2, 0.25) is 0 Å². The molecular formula is C14H20F3NO2. The lowest BCUT2D eigenvalue weighted by Crippen LogP contribution is -2.30. The predicted molar refractivity (Wildman–Crippen MR) is 71.1 cm³/mol. The summed E-state index contributed by atoms with van der Waals surface area (Å²) in [6, 6.07) is 4.69. The molecule has 0 aliphatic rings. The molecule has 6 heteroatoms. The zero-order valence-electron chi connectivity index (χ0n) is 11.9. The van der Waals surface area contributed by atoms with Gasteiger partial charge in [0.05, 0.1) is 20.1 Å². The maximum Gasteiger partial charge on any atom is 0.390 e. The molecule has 1 N–H and O–H groups in total. The summed E-state index contributed by atoms with van der Waals surface area (Å²) in [5.74, 6) is 1.21. The molecule has 0 aromatic heterocycles. The molecular weight excluding hydrogens is 271 g/mol. The van der Waals surface area contributed by atoms with Gasteiger partial charge in [0.1, 0.15) is 0 Å². The van der Waals surface area contributed by atoms with Crippen molar-refractivity contribution >= 4 is 0 Å². The molecule has 1 rings (SSSR count). The molecule has 0 amide bonds. The van der Waals surface area contributed by atoms with Crippen molar-refractivity contribution in [2.24, 2.45) is 0 Å². The molecule has 0 spiro atoms. The Morgan fingerprint density at radius 3 is 2.50 bits per heavy atom. The standard InChI is InChI=1S/C14H20F3NO2/c1-4-20-12-6-5-11(7-13(12)19-3)9-18-10(2)8-14(15,16)17/h5-7,10,18H,4,8-9H2,1-3H3. The second-order valence-corrected chi connectivity index (χ2v) is 4.52. The molecule has 0 heterocycles. The molecule has 20 heavy (non-hydrogen) atoms. The quantitative estimate of drug-likeness (QED) is 0.833. The van der Waals surface area contributed by atoms with E-state index in [1.807, 2.05) is 6.92 Å². The van der Waals surface area contributed by atoms with E-state index >= 15 is 0 Å². The van der Waals surface area contributed by atoms with Crippen molar-refractivity contribution < 1.29 is 22.6 Å². The van der Waals surface area contributed by atoms with Crippen LogP contribution in [0.1, 0.15) is 25.8 Å². The molecule has 1 unspecified atom stereocenters. The first-order valence-electron chi connectivity index (χ1n) is 6.45. The average molecular weight is 291 g/mol. The topological polar surface area (TPSA) is 30.5 Å². The Balaban J connectivity index is 2.60. The van der Waals surface area contributed by atoms with E-state index in [0.29, 0.717) is 24.7 Å². The van der Waals surface area contributed by atoms with Gasteiger partial charge in [0.15, 0.2) is 11.5 Å². The third-order valence-electron chi connectivity index (χ3n) is 2.72. The molecule has 0 radical (unpaired) electrons. The zero-order valence-corrected chi connectivity index (χ0v) is 11.9. The molecule has 0 fully saturated rings. The highest BCUT2D eigenvalue weighted by Crippen LogP contribution is 2.28. The van der Waals surface area contributed by atoms with E-state index in [-0.39, 0.29) is 0 Å². The summed E-state index contributed by atoms with van der Waals surface area (Å²) in [6.07, 6.45) is -5.00. The minimum absolute atomic E-state index is 0.347. The fourth-order valence-corrected chi connectivity index (χ4v) is 1.81. The molecule has 0 bridgehead atoms. The van der Waals surface area contributed by atoms with Crippen LogP contribution in [0.25, 0.3) is 0 Å². The highest BCUT2D eigenvalue weighted by molar-refractivity contribution is 5.42. The lowest BCUT2D eigenvalue weighted by Gasteiger charge is -2.16. The van der Waals surface area contributed by atoms with Crippen LogP contribution in [0.15, 0.2) is 18.2 Å². The van der Waals surface area contributed by atoms with Crippen LogP contribution in [-0.4, -0.2) is 25.9 Å². The van der Waals surface area contributed by atoms with Crippen LogP contribution in [0.5, 0.6) is 11.5 Å². The predicted octanol–water partition coefficient (Wildman–Crippen LogP) is 3.52. The smallest absolute Gasteiger partial charge is 0.390 e. The number of hydrogen-bond donors (Lipinski definition) is 1. The Morgan fingerprint density at radius 1 is 1.25 bits per heavy atom. The number of ether oxygens (including phenoxy) is 2.